The van der Waals surface area contributed by atoms with Crippen molar-refractivity contribution in [2.75, 3.05) is 39.6 Å². The summed E-state index contributed by atoms with van der Waals surface area (Å²) in [6, 6.07) is 0. The van der Waals surface area contributed by atoms with E-state index in [4.69, 9.17) is 14.2 Å². The van der Waals surface area contributed by atoms with Gasteiger partial charge in [-0.1, -0.05) is 6.92 Å². The van der Waals surface area contributed by atoms with Crippen molar-refractivity contribution in [1.29, 1.82) is 0 Å². The van der Waals surface area contributed by atoms with E-state index in [-0.39, 0.29) is 11.1 Å². The first-order valence-electron chi connectivity index (χ1n) is 6.93. The second kappa shape index (κ2) is 8.86. The molecule has 0 saturated heterocycles. The number of hydrogen-bond acceptors (Lipinski definition) is 4. The molecule has 0 aromatic heterocycles. The van der Waals surface area contributed by atoms with Crippen LogP contribution in [-0.2, 0) is 14.2 Å². The summed E-state index contributed by atoms with van der Waals surface area (Å²) < 4.78 is 17.1. The van der Waals surface area contributed by atoms with E-state index >= 15 is 0 Å². The number of ether oxygens (including phenoxy) is 3. The molecular weight excluding hydrogens is 230 g/mol. The van der Waals surface area contributed by atoms with Crippen LogP contribution in [0.3, 0.4) is 0 Å². The molecule has 1 N–H and O–H groups in total. The van der Waals surface area contributed by atoms with Gasteiger partial charge in [0.2, 0.25) is 0 Å². The fourth-order valence-electron chi connectivity index (χ4n) is 1.60. The van der Waals surface area contributed by atoms with Gasteiger partial charge in [-0.25, -0.2) is 0 Å². The lowest BCUT2D eigenvalue weighted by Crippen LogP contribution is -2.57. The molecule has 0 bridgehead atoms. The van der Waals surface area contributed by atoms with Gasteiger partial charge in [0.05, 0.1) is 31.0 Å². The normalized spacial score (nSPS) is 13.0. The highest BCUT2D eigenvalue weighted by molar-refractivity contribution is 4.88. The molecule has 0 radical (unpaired) electrons. The molecule has 0 aliphatic rings. The zero-order valence-electron chi connectivity index (χ0n) is 13.0. The molecule has 0 amide bonds. The fraction of sp³-hybridized carbons (Fsp3) is 1.00. The standard InChI is InChI=1S/C14H31NO3/c1-7-15-14(10-16-8-2,11-17-9-3)12-18-13(4,5)6/h15H,7-12H2,1-6H3. The molecule has 4 heteroatoms. The van der Waals surface area contributed by atoms with E-state index in [2.05, 4.69) is 33.0 Å². The molecule has 0 aromatic rings. The summed E-state index contributed by atoms with van der Waals surface area (Å²) in [5, 5.41) is 3.46. The van der Waals surface area contributed by atoms with E-state index in [9.17, 15) is 0 Å². The summed E-state index contributed by atoms with van der Waals surface area (Å²) in [6.07, 6.45) is 0. The molecule has 0 aliphatic carbocycles. The molecule has 0 fully saturated rings. The van der Waals surface area contributed by atoms with Gasteiger partial charge in [0, 0.05) is 13.2 Å². The number of hydrogen-bond donors (Lipinski definition) is 1. The van der Waals surface area contributed by atoms with Gasteiger partial charge < -0.3 is 19.5 Å². The second-order valence-electron chi connectivity index (χ2n) is 5.49. The molecule has 0 unspecified atom stereocenters. The van der Waals surface area contributed by atoms with Crippen LogP contribution in [0, 0.1) is 0 Å². The maximum Gasteiger partial charge on any atom is 0.0890 e. The van der Waals surface area contributed by atoms with Crippen LogP contribution in [0.1, 0.15) is 41.5 Å². The van der Waals surface area contributed by atoms with Crippen LogP contribution in [0.25, 0.3) is 0 Å². The first-order chi connectivity index (χ1) is 8.39. The molecule has 18 heavy (non-hydrogen) atoms. The first-order valence-corrected chi connectivity index (χ1v) is 6.93. The number of nitrogens with one attached hydrogen (secondary N) is 1. The summed E-state index contributed by atoms with van der Waals surface area (Å²) in [4.78, 5) is 0. The SMILES string of the molecule is CCNC(COCC)(COCC)COC(C)(C)C. The molecule has 0 atom stereocenters. The highest BCUT2D eigenvalue weighted by Crippen LogP contribution is 2.14. The largest absolute Gasteiger partial charge is 0.380 e. The number of likely N-dealkylation sites (N-methyl/N-ethyl adjacent to an activating group) is 1. The third kappa shape index (κ3) is 8.03. The van der Waals surface area contributed by atoms with Crippen molar-refractivity contribution in [2.45, 2.75) is 52.7 Å². The topological polar surface area (TPSA) is 39.7 Å². The maximum atomic E-state index is 5.92. The minimum atomic E-state index is -0.256. The van der Waals surface area contributed by atoms with Crippen molar-refractivity contribution in [3.05, 3.63) is 0 Å². The van der Waals surface area contributed by atoms with E-state index in [1.165, 1.54) is 0 Å². The Bertz CT molecular complexity index is 194. The van der Waals surface area contributed by atoms with Crippen molar-refractivity contribution < 1.29 is 14.2 Å². The lowest BCUT2D eigenvalue weighted by atomic mass is 10.0. The summed E-state index contributed by atoms with van der Waals surface area (Å²) in [7, 11) is 0. The van der Waals surface area contributed by atoms with Crippen molar-refractivity contribution in [2.24, 2.45) is 0 Å². The molecule has 0 heterocycles. The minimum absolute atomic E-state index is 0.154. The Balaban J connectivity index is 4.58. The Hall–Kier alpha value is -0.160. The first kappa shape index (κ1) is 17.8. The third-order valence-corrected chi connectivity index (χ3v) is 2.50. The van der Waals surface area contributed by atoms with Gasteiger partial charge in [-0.05, 0) is 41.2 Å². The molecule has 0 spiro atoms. The summed E-state index contributed by atoms with van der Waals surface area (Å²) in [6.45, 7) is 16.3. The second-order valence-corrected chi connectivity index (χ2v) is 5.49. The van der Waals surface area contributed by atoms with Gasteiger partial charge in [-0.3, -0.25) is 0 Å². The summed E-state index contributed by atoms with van der Waals surface area (Å²) in [5.41, 5.74) is -0.410. The Morgan fingerprint density at radius 2 is 1.33 bits per heavy atom. The Labute approximate surface area is 112 Å². The van der Waals surface area contributed by atoms with Crippen LogP contribution in [0.15, 0.2) is 0 Å². The lowest BCUT2D eigenvalue weighted by molar-refractivity contribution is -0.0802. The van der Waals surface area contributed by atoms with Gasteiger partial charge >= 0.3 is 0 Å². The molecule has 0 saturated carbocycles. The highest BCUT2D eigenvalue weighted by Gasteiger charge is 2.32. The predicted octanol–water partition coefficient (Wildman–Crippen LogP) is 2.22. The lowest BCUT2D eigenvalue weighted by Gasteiger charge is -2.36. The van der Waals surface area contributed by atoms with Gasteiger partial charge in [0.15, 0.2) is 0 Å². The Kier molecular flexibility index (Phi) is 8.78. The molecule has 0 rings (SSSR count). The van der Waals surface area contributed by atoms with E-state index in [0.717, 1.165) is 6.54 Å². The van der Waals surface area contributed by atoms with Gasteiger partial charge in [0.1, 0.15) is 0 Å². The van der Waals surface area contributed by atoms with E-state index < -0.39 is 0 Å². The summed E-state index contributed by atoms with van der Waals surface area (Å²) in [5.74, 6) is 0. The van der Waals surface area contributed by atoms with E-state index in [1.54, 1.807) is 0 Å². The molecule has 0 aromatic carbocycles. The Morgan fingerprint density at radius 1 is 0.833 bits per heavy atom. The molecule has 0 aliphatic heterocycles. The average molecular weight is 261 g/mol. The zero-order valence-corrected chi connectivity index (χ0v) is 13.0. The van der Waals surface area contributed by atoms with Crippen LogP contribution in [-0.4, -0.2) is 50.7 Å². The van der Waals surface area contributed by atoms with Gasteiger partial charge in [-0.2, -0.15) is 0 Å². The van der Waals surface area contributed by atoms with Crippen molar-refractivity contribution in [3.8, 4) is 0 Å². The molecule has 4 nitrogen and oxygen atoms in total. The summed E-state index contributed by atoms with van der Waals surface area (Å²) >= 11 is 0. The van der Waals surface area contributed by atoms with Crippen LogP contribution in [0.4, 0.5) is 0 Å². The fourth-order valence-corrected chi connectivity index (χ4v) is 1.60. The van der Waals surface area contributed by atoms with Crippen LogP contribution in [0.5, 0.6) is 0 Å². The quantitative estimate of drug-likeness (QED) is 0.654. The van der Waals surface area contributed by atoms with Gasteiger partial charge in [-0.15, -0.1) is 0 Å². The zero-order chi connectivity index (χ0) is 14.1. The smallest absolute Gasteiger partial charge is 0.0890 e. The van der Waals surface area contributed by atoms with Crippen LogP contribution in [0.2, 0.25) is 0 Å². The Morgan fingerprint density at radius 3 is 1.67 bits per heavy atom. The van der Waals surface area contributed by atoms with E-state index in [0.29, 0.717) is 33.0 Å². The maximum absolute atomic E-state index is 5.92. The monoisotopic (exact) mass is 261 g/mol. The minimum Gasteiger partial charge on any atom is -0.380 e. The number of rotatable bonds is 10. The molecular formula is C14H31NO3. The van der Waals surface area contributed by atoms with E-state index in [1.807, 2.05) is 13.8 Å². The third-order valence-electron chi connectivity index (χ3n) is 2.50. The average Bonchev–Trinajstić information content (AvgIpc) is 2.30. The van der Waals surface area contributed by atoms with Crippen LogP contribution < -0.4 is 5.32 Å². The van der Waals surface area contributed by atoms with Crippen LogP contribution >= 0.6 is 0 Å². The van der Waals surface area contributed by atoms with Gasteiger partial charge in [0.25, 0.3) is 0 Å². The highest BCUT2D eigenvalue weighted by atomic mass is 16.5. The molecule has 110 valence electrons. The van der Waals surface area contributed by atoms with Crippen molar-refractivity contribution in [1.82, 2.24) is 5.32 Å². The van der Waals surface area contributed by atoms with Crippen molar-refractivity contribution >= 4 is 0 Å². The predicted molar refractivity (Wildman–Crippen MR) is 75.1 cm³/mol. The van der Waals surface area contributed by atoms with Crippen molar-refractivity contribution in [3.63, 3.8) is 0 Å².